The monoisotopic (exact) mass is 554 g/mol. The summed E-state index contributed by atoms with van der Waals surface area (Å²) >= 11 is 0. The second-order valence-corrected chi connectivity index (χ2v) is 20.3. The van der Waals surface area contributed by atoms with E-state index in [-0.39, 0.29) is 32.9 Å². The summed E-state index contributed by atoms with van der Waals surface area (Å²) in [5, 5.41) is 0. The van der Waals surface area contributed by atoms with Gasteiger partial charge in [-0.25, -0.2) is 0 Å². The van der Waals surface area contributed by atoms with Crippen molar-refractivity contribution in [1.82, 2.24) is 0 Å². The topological polar surface area (TPSA) is 0 Å². The molecule has 0 spiro atoms. The van der Waals surface area contributed by atoms with Gasteiger partial charge in [0, 0.05) is 28.4 Å². The fourth-order valence-electron chi connectivity index (χ4n) is 5.91. The molecule has 4 atom stereocenters. The zero-order valence-electron chi connectivity index (χ0n) is 24.6. The van der Waals surface area contributed by atoms with Crippen molar-refractivity contribution in [3.63, 3.8) is 0 Å². The Morgan fingerprint density at radius 2 is 0.657 bits per heavy atom. The normalized spacial score (nSPS) is 31.9. The van der Waals surface area contributed by atoms with Crippen molar-refractivity contribution in [3.05, 3.63) is 62.7 Å². The van der Waals surface area contributed by atoms with E-state index in [0.717, 1.165) is 22.6 Å². The van der Waals surface area contributed by atoms with Crippen molar-refractivity contribution in [2.75, 3.05) is 0 Å². The van der Waals surface area contributed by atoms with Crippen LogP contribution in [0.5, 0.6) is 0 Å². The third kappa shape index (κ3) is 7.74. The zero-order chi connectivity index (χ0) is 25.7. The van der Waals surface area contributed by atoms with E-state index in [1.54, 1.807) is 11.3 Å². The number of rotatable bonds is 2. The van der Waals surface area contributed by atoms with Crippen LogP contribution in [0.2, 0.25) is 0 Å². The molecule has 10 radical (unpaired) electrons. The van der Waals surface area contributed by atoms with Crippen LogP contribution in [0, 0.1) is 84.3 Å². The summed E-state index contributed by atoms with van der Waals surface area (Å²) in [4.78, 5) is 0. The molecule has 0 unspecified atom stereocenters. The maximum absolute atomic E-state index is 2.41. The van der Waals surface area contributed by atoms with Gasteiger partial charge in [-0.05, 0) is 109 Å². The predicted octanol–water partition coefficient (Wildman–Crippen LogP) is 10.1. The minimum absolute atomic E-state index is 0. The Morgan fingerprint density at radius 1 is 0.457 bits per heavy atom. The second-order valence-electron chi connectivity index (χ2n) is 15.1. The molecule has 2 saturated carbocycles. The molecule has 0 amide bonds. The minimum atomic E-state index is 0. The summed E-state index contributed by atoms with van der Waals surface area (Å²) in [6, 6.07) is 0. The molecule has 0 N–H and O–H groups in total. The number of hydrogen-bond acceptors (Lipinski definition) is 0. The molecule has 2 aliphatic heterocycles. The van der Waals surface area contributed by atoms with Crippen LogP contribution in [0.15, 0.2) is 0 Å². The standard InChI is InChI=1S/2C16H26P.Fe/c2*1-15(2,3)13-11-14(16(4,5)6)17(13)12-9-7-8-10-12;/h2*7-10,13-14H,11H2,1-6H3;/t2*13-,14-;/m11./s1. The van der Waals surface area contributed by atoms with Crippen LogP contribution >= 0.6 is 15.8 Å². The first kappa shape index (κ1) is 32.6. The van der Waals surface area contributed by atoms with Crippen molar-refractivity contribution in [2.24, 2.45) is 21.7 Å². The Bertz CT molecular complexity index is 549. The second kappa shape index (κ2) is 11.9. The fourth-order valence-corrected chi connectivity index (χ4v) is 13.6. The Balaban J connectivity index is 0.000000240. The van der Waals surface area contributed by atoms with Gasteiger partial charge in [0.15, 0.2) is 0 Å². The smallest absolute Gasteiger partial charge is 0.00807 e. The summed E-state index contributed by atoms with van der Waals surface area (Å²) < 4.78 is 0. The summed E-state index contributed by atoms with van der Waals surface area (Å²) in [7, 11) is 0.0823. The Hall–Kier alpha value is 1.38. The molecule has 4 rings (SSSR count). The summed E-state index contributed by atoms with van der Waals surface area (Å²) in [6.07, 6.45) is 21.1. The fraction of sp³-hybridized carbons (Fsp3) is 0.688. The van der Waals surface area contributed by atoms with Crippen LogP contribution < -0.4 is 0 Å². The Morgan fingerprint density at radius 3 is 0.829 bits per heavy atom. The number of hydrogen-bond donors (Lipinski definition) is 0. The molecule has 4 fully saturated rings. The van der Waals surface area contributed by atoms with E-state index in [0.29, 0.717) is 21.7 Å². The molecular weight excluding hydrogens is 502 g/mol. The quantitative estimate of drug-likeness (QED) is 0.235. The molecular formula is C32H52FeP2. The maximum atomic E-state index is 2.41. The first-order valence-corrected chi connectivity index (χ1v) is 16.4. The largest absolute Gasteiger partial charge is 0.0913 e. The van der Waals surface area contributed by atoms with E-state index in [4.69, 9.17) is 0 Å². The average molecular weight is 555 g/mol. The van der Waals surface area contributed by atoms with Gasteiger partial charge in [-0.2, -0.15) is 0 Å². The molecule has 35 heavy (non-hydrogen) atoms. The molecule has 3 heteroatoms. The SMILES string of the molecule is CC(C)(C)[C@H]1C[C@H](C(C)(C)C)P1[C]1[CH][CH][CH][CH]1.CC(C)(C)[C@H]1C[C@H](C(C)(C)C)P1[C]1[CH][CH][CH][CH]1.[Fe]. The molecule has 0 aromatic carbocycles. The molecule has 0 bridgehead atoms. The summed E-state index contributed by atoms with van der Waals surface area (Å²) in [6.45, 7) is 28.9. The van der Waals surface area contributed by atoms with Gasteiger partial charge in [0.25, 0.3) is 0 Å². The summed E-state index contributed by atoms with van der Waals surface area (Å²) in [5.74, 6) is 0. The van der Waals surface area contributed by atoms with Crippen LogP contribution in [0.25, 0.3) is 0 Å². The molecule has 4 aliphatic rings. The van der Waals surface area contributed by atoms with Gasteiger partial charge in [-0.1, -0.05) is 98.9 Å². The van der Waals surface area contributed by atoms with Crippen molar-refractivity contribution >= 4 is 15.8 Å². The van der Waals surface area contributed by atoms with E-state index in [1.807, 2.05) is 0 Å². The van der Waals surface area contributed by atoms with Gasteiger partial charge < -0.3 is 0 Å². The summed E-state index contributed by atoms with van der Waals surface area (Å²) in [5.41, 5.74) is 8.74. The van der Waals surface area contributed by atoms with Gasteiger partial charge in [0.05, 0.1) is 0 Å². The first-order valence-electron chi connectivity index (χ1n) is 13.4. The third-order valence-corrected chi connectivity index (χ3v) is 16.5. The van der Waals surface area contributed by atoms with Crippen molar-refractivity contribution in [3.8, 4) is 0 Å². The molecule has 198 valence electrons. The van der Waals surface area contributed by atoms with Gasteiger partial charge in [0.1, 0.15) is 0 Å². The van der Waals surface area contributed by atoms with Crippen LogP contribution in [0.4, 0.5) is 0 Å². The molecule has 0 nitrogen and oxygen atoms in total. The van der Waals surface area contributed by atoms with E-state index < -0.39 is 0 Å². The van der Waals surface area contributed by atoms with Gasteiger partial charge in [-0.15, -0.1) is 0 Å². The van der Waals surface area contributed by atoms with Crippen LogP contribution in [-0.2, 0) is 17.1 Å². The van der Waals surface area contributed by atoms with Gasteiger partial charge in [-0.3, -0.25) is 0 Å². The van der Waals surface area contributed by atoms with E-state index in [9.17, 15) is 0 Å². The van der Waals surface area contributed by atoms with Crippen molar-refractivity contribution in [1.29, 1.82) is 0 Å². The van der Waals surface area contributed by atoms with E-state index in [2.05, 4.69) is 134 Å². The predicted molar refractivity (Wildman–Crippen MR) is 157 cm³/mol. The Kier molecular flexibility index (Phi) is 11.0. The first-order chi connectivity index (χ1) is 15.4. The third-order valence-electron chi connectivity index (χ3n) is 8.12. The van der Waals surface area contributed by atoms with Crippen molar-refractivity contribution < 1.29 is 17.1 Å². The van der Waals surface area contributed by atoms with Gasteiger partial charge in [0.2, 0.25) is 0 Å². The molecule has 2 saturated heterocycles. The van der Waals surface area contributed by atoms with Crippen molar-refractivity contribution in [2.45, 2.75) is 119 Å². The molecule has 0 aromatic rings. The van der Waals surface area contributed by atoms with E-state index in [1.165, 1.54) is 12.8 Å². The van der Waals surface area contributed by atoms with Crippen LogP contribution in [0.3, 0.4) is 0 Å². The Labute approximate surface area is 235 Å². The average Bonchev–Trinajstić information content (AvgIpc) is 3.21. The zero-order valence-corrected chi connectivity index (χ0v) is 27.5. The van der Waals surface area contributed by atoms with Gasteiger partial charge >= 0.3 is 0 Å². The van der Waals surface area contributed by atoms with E-state index >= 15 is 0 Å². The van der Waals surface area contributed by atoms with Crippen LogP contribution in [-0.4, -0.2) is 22.6 Å². The minimum Gasteiger partial charge on any atom is -0.0913 e. The molecule has 2 heterocycles. The van der Waals surface area contributed by atoms with Crippen LogP contribution in [0.1, 0.15) is 95.9 Å². The molecule has 0 aromatic heterocycles. The maximum Gasteiger partial charge on any atom is 0.00807 e. The molecule has 2 aliphatic carbocycles.